The Labute approximate surface area is 136 Å². The van der Waals surface area contributed by atoms with Crippen LogP contribution in [0.1, 0.15) is 50.5 Å². The molecule has 0 saturated carbocycles. The molecular formula is C18H24FNO3. The van der Waals surface area contributed by atoms with Gasteiger partial charge in [-0.25, -0.2) is 4.39 Å². The van der Waals surface area contributed by atoms with Crippen molar-refractivity contribution in [2.24, 2.45) is 5.92 Å². The van der Waals surface area contributed by atoms with Gasteiger partial charge < -0.3 is 10.0 Å². The Kier molecular flexibility index (Phi) is 6.13. The van der Waals surface area contributed by atoms with Crippen molar-refractivity contribution in [1.29, 1.82) is 0 Å². The second kappa shape index (κ2) is 8.09. The smallest absolute Gasteiger partial charge is 0.303 e. The third-order valence-electron chi connectivity index (χ3n) is 4.56. The van der Waals surface area contributed by atoms with Crippen LogP contribution in [-0.2, 0) is 9.59 Å². The number of benzene rings is 1. The lowest BCUT2D eigenvalue weighted by molar-refractivity contribution is -0.137. The number of carbonyl (C=O) groups is 2. The predicted molar refractivity (Wildman–Crippen MR) is 85.6 cm³/mol. The molecular weight excluding hydrogens is 297 g/mol. The number of aliphatic carboxylic acids is 1. The van der Waals surface area contributed by atoms with E-state index in [1.807, 2.05) is 11.8 Å². The molecule has 1 aromatic carbocycles. The molecule has 1 N–H and O–H groups in total. The number of likely N-dealkylation sites (tertiary alicyclic amines) is 1. The average Bonchev–Trinajstić information content (AvgIpc) is 2.53. The second-order valence-electron chi connectivity index (χ2n) is 6.41. The average molecular weight is 321 g/mol. The minimum absolute atomic E-state index is 0.0285. The number of carboxylic acid groups (broad SMARTS) is 1. The molecule has 1 saturated heterocycles. The van der Waals surface area contributed by atoms with Crippen LogP contribution in [-0.4, -0.2) is 35.0 Å². The minimum atomic E-state index is -0.790. The molecule has 1 amide bonds. The fourth-order valence-electron chi connectivity index (χ4n) is 3.23. The Balaban J connectivity index is 1.89. The maximum atomic E-state index is 13.8. The largest absolute Gasteiger partial charge is 0.481 e. The predicted octanol–water partition coefficient (Wildman–Crippen LogP) is 3.42. The Hall–Kier alpha value is -1.91. The number of hydrogen-bond acceptors (Lipinski definition) is 2. The molecule has 1 fully saturated rings. The summed E-state index contributed by atoms with van der Waals surface area (Å²) in [6.07, 6.45) is 2.93. The number of halogens is 1. The monoisotopic (exact) mass is 321 g/mol. The van der Waals surface area contributed by atoms with Gasteiger partial charge in [-0.2, -0.15) is 0 Å². The van der Waals surface area contributed by atoms with Crippen molar-refractivity contribution in [3.05, 3.63) is 35.6 Å². The van der Waals surface area contributed by atoms with Crippen LogP contribution in [0.5, 0.6) is 0 Å². The summed E-state index contributed by atoms with van der Waals surface area (Å²) in [7, 11) is 0. The summed E-state index contributed by atoms with van der Waals surface area (Å²) < 4.78 is 13.8. The van der Waals surface area contributed by atoms with Gasteiger partial charge >= 0.3 is 5.97 Å². The normalized spacial score (nSPS) is 19.4. The van der Waals surface area contributed by atoms with Crippen molar-refractivity contribution in [3.63, 3.8) is 0 Å². The fraction of sp³-hybridized carbons (Fsp3) is 0.556. The van der Waals surface area contributed by atoms with Gasteiger partial charge in [0.15, 0.2) is 0 Å². The molecule has 4 nitrogen and oxygen atoms in total. The molecule has 0 aromatic heterocycles. The molecule has 1 aliphatic heterocycles. The molecule has 0 aliphatic carbocycles. The highest BCUT2D eigenvalue weighted by Gasteiger charge is 2.25. The maximum Gasteiger partial charge on any atom is 0.303 e. The van der Waals surface area contributed by atoms with Gasteiger partial charge in [-0.1, -0.05) is 25.1 Å². The molecule has 0 bridgehead atoms. The molecule has 1 aliphatic rings. The van der Waals surface area contributed by atoms with Crippen LogP contribution in [0.2, 0.25) is 0 Å². The number of carboxylic acids is 1. The van der Waals surface area contributed by atoms with Gasteiger partial charge in [-0.15, -0.1) is 0 Å². The third-order valence-corrected chi connectivity index (χ3v) is 4.56. The van der Waals surface area contributed by atoms with E-state index < -0.39 is 5.97 Å². The Bertz CT molecular complexity index is 561. The SMILES string of the molecule is CC(CC(=O)N1CCCC(CCC(=O)O)C1)c1ccccc1F. The summed E-state index contributed by atoms with van der Waals surface area (Å²) in [5.41, 5.74) is 0.570. The van der Waals surface area contributed by atoms with Crippen molar-refractivity contribution in [2.45, 2.75) is 44.9 Å². The standard InChI is InChI=1S/C18H24FNO3/c1-13(15-6-2-3-7-16(15)19)11-17(21)20-10-4-5-14(12-20)8-9-18(22)23/h2-3,6-7,13-14H,4-5,8-12H2,1H3,(H,22,23). The first-order valence-electron chi connectivity index (χ1n) is 8.21. The van der Waals surface area contributed by atoms with Crippen molar-refractivity contribution in [2.75, 3.05) is 13.1 Å². The van der Waals surface area contributed by atoms with Crippen molar-refractivity contribution in [1.82, 2.24) is 4.90 Å². The second-order valence-corrected chi connectivity index (χ2v) is 6.41. The summed E-state index contributed by atoms with van der Waals surface area (Å²) in [5.74, 6) is -0.941. The van der Waals surface area contributed by atoms with E-state index in [0.717, 1.165) is 12.8 Å². The van der Waals surface area contributed by atoms with Gasteiger partial charge in [0, 0.05) is 25.9 Å². The van der Waals surface area contributed by atoms with Crippen LogP contribution >= 0.6 is 0 Å². The molecule has 2 unspecified atom stereocenters. The highest BCUT2D eigenvalue weighted by Crippen LogP contribution is 2.26. The quantitative estimate of drug-likeness (QED) is 0.873. The van der Waals surface area contributed by atoms with Crippen LogP contribution < -0.4 is 0 Å². The van der Waals surface area contributed by atoms with Crippen molar-refractivity contribution < 1.29 is 19.1 Å². The summed E-state index contributed by atoms with van der Waals surface area (Å²) in [6.45, 7) is 3.20. The molecule has 2 atom stereocenters. The highest BCUT2D eigenvalue weighted by atomic mass is 19.1. The summed E-state index contributed by atoms with van der Waals surface area (Å²) >= 11 is 0. The zero-order valence-electron chi connectivity index (χ0n) is 13.5. The van der Waals surface area contributed by atoms with Gasteiger partial charge in [0.2, 0.25) is 5.91 Å². The number of rotatable bonds is 6. The zero-order valence-corrected chi connectivity index (χ0v) is 13.5. The van der Waals surface area contributed by atoms with E-state index in [0.29, 0.717) is 25.1 Å². The lowest BCUT2D eigenvalue weighted by Crippen LogP contribution is -2.40. The van der Waals surface area contributed by atoms with Crippen molar-refractivity contribution >= 4 is 11.9 Å². The number of nitrogens with zero attached hydrogens (tertiary/aromatic N) is 1. The van der Waals surface area contributed by atoms with E-state index in [2.05, 4.69) is 0 Å². The van der Waals surface area contributed by atoms with Crippen LogP contribution in [0.3, 0.4) is 0 Å². The molecule has 0 spiro atoms. The molecule has 2 rings (SSSR count). The van der Waals surface area contributed by atoms with E-state index in [4.69, 9.17) is 5.11 Å². The topological polar surface area (TPSA) is 57.6 Å². The Morgan fingerprint density at radius 1 is 1.39 bits per heavy atom. The maximum absolute atomic E-state index is 13.8. The van der Waals surface area contributed by atoms with E-state index in [1.165, 1.54) is 6.07 Å². The molecule has 1 aromatic rings. The first-order valence-corrected chi connectivity index (χ1v) is 8.21. The first kappa shape index (κ1) is 17.4. The van der Waals surface area contributed by atoms with Crippen LogP contribution in [0.15, 0.2) is 24.3 Å². The van der Waals surface area contributed by atoms with Crippen LogP contribution in [0.4, 0.5) is 4.39 Å². The van der Waals surface area contributed by atoms with E-state index in [-0.39, 0.29) is 36.4 Å². The Morgan fingerprint density at radius 2 is 2.13 bits per heavy atom. The highest BCUT2D eigenvalue weighted by molar-refractivity contribution is 5.77. The van der Waals surface area contributed by atoms with E-state index >= 15 is 0 Å². The molecule has 0 radical (unpaired) electrons. The fourth-order valence-corrected chi connectivity index (χ4v) is 3.23. The third kappa shape index (κ3) is 5.05. The number of amides is 1. The summed E-state index contributed by atoms with van der Waals surface area (Å²) in [4.78, 5) is 25.0. The van der Waals surface area contributed by atoms with E-state index in [9.17, 15) is 14.0 Å². The zero-order chi connectivity index (χ0) is 16.8. The molecule has 23 heavy (non-hydrogen) atoms. The van der Waals surface area contributed by atoms with E-state index in [1.54, 1.807) is 18.2 Å². The molecule has 126 valence electrons. The summed E-state index contributed by atoms with van der Waals surface area (Å²) in [5, 5.41) is 8.77. The number of hydrogen-bond donors (Lipinski definition) is 1. The van der Waals surface area contributed by atoms with Gasteiger partial charge in [-0.05, 0) is 42.7 Å². The lowest BCUT2D eigenvalue weighted by Gasteiger charge is -2.33. The van der Waals surface area contributed by atoms with Gasteiger partial charge in [0.1, 0.15) is 5.82 Å². The van der Waals surface area contributed by atoms with Crippen LogP contribution in [0.25, 0.3) is 0 Å². The lowest BCUT2D eigenvalue weighted by atomic mass is 9.92. The van der Waals surface area contributed by atoms with Gasteiger partial charge in [0.05, 0.1) is 0 Å². The first-order chi connectivity index (χ1) is 11.0. The van der Waals surface area contributed by atoms with Crippen LogP contribution in [0, 0.1) is 11.7 Å². The van der Waals surface area contributed by atoms with Crippen molar-refractivity contribution in [3.8, 4) is 0 Å². The Morgan fingerprint density at radius 3 is 2.83 bits per heavy atom. The molecule has 5 heteroatoms. The number of carbonyl (C=O) groups excluding carboxylic acids is 1. The molecule has 1 heterocycles. The van der Waals surface area contributed by atoms with Gasteiger partial charge in [-0.3, -0.25) is 9.59 Å². The minimum Gasteiger partial charge on any atom is -0.481 e. The summed E-state index contributed by atoms with van der Waals surface area (Å²) in [6, 6.07) is 6.56. The van der Waals surface area contributed by atoms with Gasteiger partial charge in [0.25, 0.3) is 0 Å². The number of piperidine rings is 1.